The summed E-state index contributed by atoms with van der Waals surface area (Å²) in [7, 11) is 0. The highest BCUT2D eigenvalue weighted by Gasteiger charge is 2.33. The van der Waals surface area contributed by atoms with Crippen LogP contribution in [0.25, 0.3) is 0 Å². The topological polar surface area (TPSA) is 56.5 Å². The van der Waals surface area contributed by atoms with E-state index in [2.05, 4.69) is 30.1 Å². The van der Waals surface area contributed by atoms with Gasteiger partial charge in [-0.2, -0.15) is 5.26 Å². The van der Waals surface area contributed by atoms with Crippen LogP contribution in [0.15, 0.2) is 29.3 Å². The van der Waals surface area contributed by atoms with Gasteiger partial charge in [0.1, 0.15) is 18.1 Å². The maximum Gasteiger partial charge on any atom is 0.250 e. The van der Waals surface area contributed by atoms with Crippen LogP contribution in [-0.4, -0.2) is 24.7 Å². The van der Waals surface area contributed by atoms with Crippen LogP contribution in [0.5, 0.6) is 0 Å². The van der Waals surface area contributed by atoms with Crippen molar-refractivity contribution in [1.29, 1.82) is 5.26 Å². The van der Waals surface area contributed by atoms with Gasteiger partial charge in [0, 0.05) is 16.0 Å². The molecule has 24 heavy (non-hydrogen) atoms. The van der Waals surface area contributed by atoms with Gasteiger partial charge in [0.2, 0.25) is 5.91 Å². The number of carbonyl (C=O) groups is 1. The van der Waals surface area contributed by atoms with Gasteiger partial charge in [-0.05, 0) is 37.3 Å². The monoisotopic (exact) mass is 335 g/mol. The minimum absolute atomic E-state index is 0.0851. The summed E-state index contributed by atoms with van der Waals surface area (Å²) in [5, 5.41) is 10.1. The Hall–Kier alpha value is -2.45. The first-order valence-electron chi connectivity index (χ1n) is 8.13. The molecule has 0 radical (unpaired) electrons. The zero-order valence-corrected chi connectivity index (χ0v) is 14.3. The second-order valence-electron chi connectivity index (χ2n) is 6.16. The number of rotatable bonds is 2. The SMILES string of the molecule is Cc1ccccc1C1=NCC(=O)N(CC#N)c2sc3c(c21)CCC3. The van der Waals surface area contributed by atoms with Crippen molar-refractivity contribution in [2.45, 2.75) is 26.2 Å². The van der Waals surface area contributed by atoms with Crippen LogP contribution in [0.4, 0.5) is 5.00 Å². The molecule has 0 atom stereocenters. The fourth-order valence-corrected chi connectivity index (χ4v) is 4.94. The number of amides is 1. The molecule has 120 valence electrons. The van der Waals surface area contributed by atoms with Crippen molar-refractivity contribution in [3.05, 3.63) is 51.4 Å². The first kappa shape index (κ1) is 15.1. The summed E-state index contributed by atoms with van der Waals surface area (Å²) in [6.45, 7) is 2.26. The Labute approximate surface area is 145 Å². The second kappa shape index (κ2) is 5.88. The molecule has 0 unspecified atom stereocenters. The number of nitriles is 1. The molecule has 4 nitrogen and oxygen atoms in total. The van der Waals surface area contributed by atoms with Gasteiger partial charge < -0.3 is 0 Å². The molecule has 2 aromatic rings. The summed E-state index contributed by atoms with van der Waals surface area (Å²) in [5.74, 6) is -0.0960. The highest BCUT2D eigenvalue weighted by molar-refractivity contribution is 7.17. The third kappa shape index (κ3) is 2.26. The Morgan fingerprint density at radius 2 is 2.17 bits per heavy atom. The number of carbonyl (C=O) groups excluding carboxylic acids is 1. The molecule has 0 saturated carbocycles. The molecule has 0 saturated heterocycles. The molecule has 5 heteroatoms. The molecule has 4 rings (SSSR count). The molecule has 0 fully saturated rings. The molecule has 0 bridgehead atoms. The van der Waals surface area contributed by atoms with Crippen LogP contribution in [0, 0.1) is 18.3 Å². The van der Waals surface area contributed by atoms with Crippen LogP contribution >= 0.6 is 11.3 Å². The minimum atomic E-state index is -0.0960. The first-order chi connectivity index (χ1) is 11.7. The van der Waals surface area contributed by atoms with Crippen molar-refractivity contribution in [2.75, 3.05) is 18.0 Å². The van der Waals surface area contributed by atoms with Gasteiger partial charge in [0.05, 0.1) is 11.8 Å². The Morgan fingerprint density at radius 3 is 2.96 bits per heavy atom. The lowest BCUT2D eigenvalue weighted by molar-refractivity contribution is -0.117. The minimum Gasteiger partial charge on any atom is -0.288 e. The summed E-state index contributed by atoms with van der Waals surface area (Å²) >= 11 is 1.67. The van der Waals surface area contributed by atoms with Crippen LogP contribution in [-0.2, 0) is 17.6 Å². The quantitative estimate of drug-likeness (QED) is 0.791. The smallest absolute Gasteiger partial charge is 0.250 e. The largest absolute Gasteiger partial charge is 0.288 e. The van der Waals surface area contributed by atoms with Crippen molar-refractivity contribution in [3.8, 4) is 6.07 Å². The maximum absolute atomic E-state index is 12.5. The van der Waals surface area contributed by atoms with Crippen LogP contribution in [0.1, 0.15) is 33.6 Å². The van der Waals surface area contributed by atoms with E-state index in [1.807, 2.05) is 12.1 Å². The third-order valence-corrected chi connectivity index (χ3v) is 6.00. The van der Waals surface area contributed by atoms with E-state index in [1.54, 1.807) is 16.2 Å². The Bertz CT molecular complexity index is 904. The van der Waals surface area contributed by atoms with E-state index in [1.165, 1.54) is 10.4 Å². The fraction of sp³-hybridized carbons (Fsp3) is 0.316. The third-order valence-electron chi connectivity index (χ3n) is 4.69. The summed E-state index contributed by atoms with van der Waals surface area (Å²) in [5.41, 5.74) is 5.56. The number of hydrogen-bond acceptors (Lipinski definition) is 4. The molecular formula is C19H17N3OS. The van der Waals surface area contributed by atoms with Crippen molar-refractivity contribution < 1.29 is 4.79 Å². The number of fused-ring (bicyclic) bond motifs is 3. The number of benzene rings is 1. The van der Waals surface area contributed by atoms with E-state index in [9.17, 15) is 4.79 Å². The second-order valence-corrected chi connectivity index (χ2v) is 7.24. The lowest BCUT2D eigenvalue weighted by atomic mass is 9.96. The Balaban J connectivity index is 1.96. The molecule has 1 aromatic heterocycles. The molecular weight excluding hydrogens is 318 g/mol. The number of aryl methyl sites for hydroxylation is 2. The van der Waals surface area contributed by atoms with Crippen molar-refractivity contribution in [3.63, 3.8) is 0 Å². The average molecular weight is 335 g/mol. The number of anilines is 1. The molecule has 0 N–H and O–H groups in total. The zero-order chi connectivity index (χ0) is 16.7. The molecule has 2 aliphatic rings. The average Bonchev–Trinajstić information content (AvgIpc) is 3.12. The van der Waals surface area contributed by atoms with Crippen molar-refractivity contribution in [1.82, 2.24) is 0 Å². The van der Waals surface area contributed by atoms with Gasteiger partial charge in [0.15, 0.2) is 0 Å². The summed E-state index contributed by atoms with van der Waals surface area (Å²) < 4.78 is 0. The van der Waals surface area contributed by atoms with E-state index in [-0.39, 0.29) is 19.0 Å². The summed E-state index contributed by atoms with van der Waals surface area (Å²) in [6.07, 6.45) is 3.24. The number of thiophene rings is 1. The van der Waals surface area contributed by atoms with Gasteiger partial charge in [-0.15, -0.1) is 11.3 Å². The highest BCUT2D eigenvalue weighted by atomic mass is 32.1. The van der Waals surface area contributed by atoms with Crippen LogP contribution in [0.3, 0.4) is 0 Å². The van der Waals surface area contributed by atoms with Crippen molar-refractivity contribution in [2.24, 2.45) is 4.99 Å². The zero-order valence-electron chi connectivity index (χ0n) is 13.5. The van der Waals surface area contributed by atoms with Crippen molar-refractivity contribution >= 4 is 28.0 Å². The van der Waals surface area contributed by atoms with Gasteiger partial charge in [-0.25, -0.2) is 0 Å². The highest BCUT2D eigenvalue weighted by Crippen LogP contribution is 2.43. The summed E-state index contributed by atoms with van der Waals surface area (Å²) in [4.78, 5) is 20.2. The Morgan fingerprint density at radius 1 is 1.33 bits per heavy atom. The molecule has 1 aromatic carbocycles. The van der Waals surface area contributed by atoms with E-state index in [0.29, 0.717) is 0 Å². The molecule has 0 spiro atoms. The standard InChI is InChI=1S/C19H17N3OS/c1-12-5-2-3-6-13(12)18-17-14-7-4-8-15(14)24-19(17)22(10-9-20)16(23)11-21-18/h2-3,5-6H,4,7-8,10-11H2,1H3. The lowest BCUT2D eigenvalue weighted by Gasteiger charge is -2.17. The van der Waals surface area contributed by atoms with Crippen LogP contribution < -0.4 is 4.90 Å². The molecule has 1 amide bonds. The molecule has 2 heterocycles. The number of hydrogen-bond donors (Lipinski definition) is 0. The number of aliphatic imine (C=N–C) groups is 1. The number of nitrogens with zero attached hydrogens (tertiary/aromatic N) is 3. The van der Waals surface area contributed by atoms with E-state index >= 15 is 0 Å². The van der Waals surface area contributed by atoms with E-state index in [0.717, 1.165) is 46.7 Å². The lowest BCUT2D eigenvalue weighted by Crippen LogP contribution is -2.32. The molecule has 1 aliphatic heterocycles. The predicted molar refractivity (Wildman–Crippen MR) is 96.0 cm³/mol. The normalized spacial score (nSPS) is 16.2. The van der Waals surface area contributed by atoms with Crippen LogP contribution in [0.2, 0.25) is 0 Å². The fourth-order valence-electron chi connectivity index (χ4n) is 3.54. The maximum atomic E-state index is 12.5. The first-order valence-corrected chi connectivity index (χ1v) is 8.95. The van der Waals surface area contributed by atoms with Gasteiger partial charge in [-0.1, -0.05) is 24.3 Å². The Kier molecular flexibility index (Phi) is 3.70. The summed E-state index contributed by atoms with van der Waals surface area (Å²) in [6, 6.07) is 10.3. The van der Waals surface area contributed by atoms with Gasteiger partial charge >= 0.3 is 0 Å². The predicted octanol–water partition coefficient (Wildman–Crippen LogP) is 3.25. The van der Waals surface area contributed by atoms with E-state index < -0.39 is 0 Å². The van der Waals surface area contributed by atoms with Gasteiger partial charge in [0.25, 0.3) is 0 Å². The van der Waals surface area contributed by atoms with E-state index in [4.69, 9.17) is 5.26 Å². The molecule has 1 aliphatic carbocycles. The van der Waals surface area contributed by atoms with Gasteiger partial charge in [-0.3, -0.25) is 14.7 Å².